The summed E-state index contributed by atoms with van der Waals surface area (Å²) < 4.78 is 0. The summed E-state index contributed by atoms with van der Waals surface area (Å²) in [5, 5.41) is 9.48. The van der Waals surface area contributed by atoms with E-state index in [1.165, 1.54) is 0 Å². The number of nitrogens with zero attached hydrogens (tertiary/aromatic N) is 1. The minimum Gasteiger partial charge on any atom is -0.507 e. The van der Waals surface area contributed by atoms with Gasteiger partial charge in [0.1, 0.15) is 5.75 Å². The van der Waals surface area contributed by atoms with Crippen LogP contribution in [-0.4, -0.2) is 10.8 Å². The van der Waals surface area contributed by atoms with Gasteiger partial charge in [-0.1, -0.05) is 24.3 Å². The average Bonchev–Trinajstić information content (AvgIpc) is 2.69. The van der Waals surface area contributed by atoms with Crippen LogP contribution in [0.3, 0.4) is 0 Å². The number of hydrogen-bond donors (Lipinski definition) is 1. The van der Waals surface area contributed by atoms with Crippen molar-refractivity contribution in [2.24, 2.45) is 4.99 Å². The third kappa shape index (κ3) is 1.91. The molecule has 0 bridgehead atoms. The molecule has 2 nitrogen and oxygen atoms in total. The lowest BCUT2D eigenvalue weighted by Gasteiger charge is -1.96. The maximum atomic E-state index is 9.48. The molecule has 0 unspecified atom stereocenters. The van der Waals surface area contributed by atoms with Gasteiger partial charge in [-0.15, -0.1) is 0 Å². The van der Waals surface area contributed by atoms with E-state index in [4.69, 9.17) is 0 Å². The summed E-state index contributed by atoms with van der Waals surface area (Å²) in [6, 6.07) is 7.25. The Hall–Kier alpha value is -1.83. The quantitative estimate of drug-likeness (QED) is 0.755. The molecule has 0 aliphatic carbocycles. The largest absolute Gasteiger partial charge is 0.507 e. The molecule has 1 N–H and O–H groups in total. The molecule has 0 radical (unpaired) electrons. The van der Waals surface area contributed by atoms with E-state index in [0.29, 0.717) is 5.75 Å². The molecular formula is C12H11NO. The first-order chi connectivity index (χ1) is 6.86. The van der Waals surface area contributed by atoms with Crippen LogP contribution in [0.4, 0.5) is 0 Å². The van der Waals surface area contributed by atoms with Crippen molar-refractivity contribution in [1.29, 1.82) is 0 Å². The van der Waals surface area contributed by atoms with E-state index < -0.39 is 0 Å². The van der Waals surface area contributed by atoms with Crippen molar-refractivity contribution in [3.8, 4) is 5.75 Å². The summed E-state index contributed by atoms with van der Waals surface area (Å²) in [4.78, 5) is 4.15. The molecule has 1 aliphatic heterocycles. The van der Waals surface area contributed by atoms with Crippen molar-refractivity contribution in [3.63, 3.8) is 0 Å². The minimum atomic E-state index is 0.301. The highest BCUT2D eigenvalue weighted by Gasteiger charge is 1.97. The number of hydrogen-bond acceptors (Lipinski definition) is 2. The fourth-order valence-corrected chi connectivity index (χ4v) is 1.30. The molecule has 0 atom stereocenters. The van der Waals surface area contributed by atoms with Crippen molar-refractivity contribution in [2.75, 3.05) is 0 Å². The van der Waals surface area contributed by atoms with Gasteiger partial charge in [-0.3, -0.25) is 4.99 Å². The number of aromatic hydroxyl groups is 1. The average molecular weight is 185 g/mol. The van der Waals surface area contributed by atoms with Crippen LogP contribution in [0.5, 0.6) is 5.75 Å². The summed E-state index contributed by atoms with van der Waals surface area (Å²) in [6.07, 6.45) is 8.48. The first-order valence-corrected chi connectivity index (χ1v) is 4.54. The monoisotopic (exact) mass is 185 g/mol. The van der Waals surface area contributed by atoms with Crippen molar-refractivity contribution in [3.05, 3.63) is 48.2 Å². The molecule has 70 valence electrons. The highest BCUT2D eigenvalue weighted by molar-refractivity contribution is 6.00. The summed E-state index contributed by atoms with van der Waals surface area (Å²) in [7, 11) is 0. The van der Waals surface area contributed by atoms with E-state index in [1.807, 2.05) is 30.4 Å². The van der Waals surface area contributed by atoms with Crippen LogP contribution in [0.1, 0.15) is 12.0 Å². The van der Waals surface area contributed by atoms with Gasteiger partial charge in [0, 0.05) is 23.9 Å². The normalized spacial score (nSPS) is 15.0. The Labute approximate surface area is 82.9 Å². The van der Waals surface area contributed by atoms with E-state index in [-0.39, 0.29) is 0 Å². The molecule has 2 heteroatoms. The van der Waals surface area contributed by atoms with Crippen LogP contribution < -0.4 is 0 Å². The Kier molecular flexibility index (Phi) is 2.45. The molecule has 2 rings (SSSR count). The molecule has 0 spiro atoms. The molecule has 0 saturated heterocycles. The molecule has 1 aliphatic rings. The molecule has 14 heavy (non-hydrogen) atoms. The summed E-state index contributed by atoms with van der Waals surface area (Å²) >= 11 is 0. The Morgan fingerprint density at radius 3 is 2.79 bits per heavy atom. The number of aliphatic imine (C=N–C) groups is 1. The van der Waals surface area contributed by atoms with Crippen molar-refractivity contribution < 1.29 is 5.11 Å². The van der Waals surface area contributed by atoms with Crippen LogP contribution in [0.15, 0.2) is 47.6 Å². The molecule has 0 amide bonds. The van der Waals surface area contributed by atoms with Crippen LogP contribution >= 0.6 is 0 Å². The number of allylic oxidation sites excluding steroid dienone is 2. The van der Waals surface area contributed by atoms with Gasteiger partial charge in [0.05, 0.1) is 0 Å². The number of phenols is 1. The number of benzene rings is 1. The standard InChI is InChI=1S/C12H11NO/c14-12-6-2-1-4-10(12)7-8-11-5-3-9-13-11/h1-4,6-9,14H,5H2/b8-7+. The first-order valence-electron chi connectivity index (χ1n) is 4.54. The van der Waals surface area contributed by atoms with Gasteiger partial charge in [-0.05, 0) is 18.2 Å². The van der Waals surface area contributed by atoms with E-state index in [9.17, 15) is 5.11 Å². The highest BCUT2D eigenvalue weighted by atomic mass is 16.3. The third-order valence-electron chi connectivity index (χ3n) is 2.06. The van der Waals surface area contributed by atoms with Gasteiger partial charge in [0.2, 0.25) is 0 Å². The second-order valence-electron chi connectivity index (χ2n) is 3.10. The lowest BCUT2D eigenvalue weighted by Crippen LogP contribution is -1.85. The zero-order valence-corrected chi connectivity index (χ0v) is 7.72. The Morgan fingerprint density at radius 1 is 1.21 bits per heavy atom. The topological polar surface area (TPSA) is 32.6 Å². The van der Waals surface area contributed by atoms with Crippen LogP contribution in [-0.2, 0) is 0 Å². The predicted molar refractivity (Wildman–Crippen MR) is 58.3 cm³/mol. The maximum Gasteiger partial charge on any atom is 0.122 e. The highest BCUT2D eigenvalue weighted by Crippen LogP contribution is 2.17. The van der Waals surface area contributed by atoms with Crippen LogP contribution in [0, 0.1) is 0 Å². The molecule has 0 saturated carbocycles. The Morgan fingerprint density at radius 2 is 2.07 bits per heavy atom. The van der Waals surface area contributed by atoms with E-state index in [1.54, 1.807) is 18.3 Å². The van der Waals surface area contributed by atoms with Crippen molar-refractivity contribution in [1.82, 2.24) is 0 Å². The zero-order chi connectivity index (χ0) is 9.80. The van der Waals surface area contributed by atoms with Crippen molar-refractivity contribution >= 4 is 11.8 Å². The fraction of sp³-hybridized carbons (Fsp3) is 0.0833. The van der Waals surface area contributed by atoms with E-state index in [2.05, 4.69) is 4.99 Å². The number of para-hydroxylation sites is 1. The molecule has 1 heterocycles. The van der Waals surface area contributed by atoms with Gasteiger partial charge in [-0.25, -0.2) is 0 Å². The lowest BCUT2D eigenvalue weighted by atomic mass is 10.1. The predicted octanol–water partition coefficient (Wildman–Crippen LogP) is 2.76. The smallest absolute Gasteiger partial charge is 0.122 e. The lowest BCUT2D eigenvalue weighted by molar-refractivity contribution is 0.474. The molecule has 1 aromatic rings. The Bertz CT molecular complexity index is 416. The van der Waals surface area contributed by atoms with E-state index >= 15 is 0 Å². The minimum absolute atomic E-state index is 0.301. The van der Waals surface area contributed by atoms with Gasteiger partial charge in [0.25, 0.3) is 0 Å². The molecule has 0 fully saturated rings. The fourth-order valence-electron chi connectivity index (χ4n) is 1.30. The number of rotatable bonds is 2. The second-order valence-corrected chi connectivity index (χ2v) is 3.10. The first kappa shape index (κ1) is 8.75. The molecule has 0 aromatic heterocycles. The van der Waals surface area contributed by atoms with Gasteiger partial charge in [-0.2, -0.15) is 0 Å². The van der Waals surface area contributed by atoms with Gasteiger partial charge >= 0.3 is 0 Å². The molecular weight excluding hydrogens is 174 g/mol. The van der Waals surface area contributed by atoms with E-state index in [0.717, 1.165) is 17.7 Å². The second kappa shape index (κ2) is 3.92. The maximum absolute atomic E-state index is 9.48. The van der Waals surface area contributed by atoms with Crippen LogP contribution in [0.25, 0.3) is 6.08 Å². The summed E-state index contributed by atoms with van der Waals surface area (Å²) in [5.74, 6) is 0.301. The molecule has 1 aromatic carbocycles. The van der Waals surface area contributed by atoms with Crippen molar-refractivity contribution in [2.45, 2.75) is 6.42 Å². The Balaban J connectivity index is 2.14. The van der Waals surface area contributed by atoms with Crippen LogP contribution in [0.2, 0.25) is 0 Å². The zero-order valence-electron chi connectivity index (χ0n) is 7.72. The van der Waals surface area contributed by atoms with Gasteiger partial charge in [0.15, 0.2) is 0 Å². The number of phenolic OH excluding ortho intramolecular Hbond substituents is 1. The van der Waals surface area contributed by atoms with Gasteiger partial charge < -0.3 is 5.11 Å². The third-order valence-corrected chi connectivity index (χ3v) is 2.06. The SMILES string of the molecule is Oc1ccccc1/C=C/C1=NC=CC1. The summed E-state index contributed by atoms with van der Waals surface area (Å²) in [6.45, 7) is 0. The summed E-state index contributed by atoms with van der Waals surface area (Å²) in [5.41, 5.74) is 1.84.